The Bertz CT molecular complexity index is 843. The molecule has 1 aromatic heterocycles. The molecule has 0 fully saturated rings. The maximum Gasteiger partial charge on any atom is 0.264 e. The van der Waals surface area contributed by atoms with Gasteiger partial charge in [0.2, 0.25) is 5.82 Å². The second-order valence-corrected chi connectivity index (χ2v) is 5.49. The van der Waals surface area contributed by atoms with E-state index >= 15 is 0 Å². The summed E-state index contributed by atoms with van der Waals surface area (Å²) in [6, 6.07) is 14.2. The number of halogens is 1. The number of ether oxygens (including phenoxy) is 1. The third kappa shape index (κ3) is 3.63. The Morgan fingerprint density at radius 2 is 1.92 bits per heavy atom. The third-order valence-corrected chi connectivity index (χ3v) is 3.77. The van der Waals surface area contributed by atoms with Crippen LogP contribution in [0.5, 0.6) is 5.75 Å². The smallest absolute Gasteiger partial charge is 0.264 e. The molecule has 6 heteroatoms. The fraction of sp³-hybridized carbons (Fsp3) is 0.167. The van der Waals surface area contributed by atoms with Crippen LogP contribution in [0.3, 0.4) is 0 Å². The molecule has 0 amide bonds. The number of carbonyl (C=O) groups is 1. The highest BCUT2D eigenvalue weighted by atomic mass is 35.5. The Hall–Kier alpha value is -2.66. The van der Waals surface area contributed by atoms with Gasteiger partial charge in [0.05, 0.1) is 5.02 Å². The standard InChI is InChI=1S/C18H15ClN2O3/c1-2-16(22)12-7-9-13(10-8-12)23-11-17-20-18(21-24-17)14-5-3-4-6-15(14)19/h3-10H,2,11H2,1H3. The van der Waals surface area contributed by atoms with Crippen LogP contribution in [0.25, 0.3) is 11.4 Å². The molecule has 1 heterocycles. The first kappa shape index (κ1) is 16.2. The summed E-state index contributed by atoms with van der Waals surface area (Å²) in [6.07, 6.45) is 0.479. The lowest BCUT2D eigenvalue weighted by atomic mass is 10.1. The molecule has 0 saturated carbocycles. The molecular formula is C18H15ClN2O3. The van der Waals surface area contributed by atoms with E-state index < -0.39 is 0 Å². The predicted octanol–water partition coefficient (Wildman–Crippen LogP) is 4.56. The molecule has 0 atom stereocenters. The van der Waals surface area contributed by atoms with E-state index in [1.165, 1.54) is 0 Å². The lowest BCUT2D eigenvalue weighted by molar-refractivity contribution is 0.0988. The van der Waals surface area contributed by atoms with Crippen molar-refractivity contribution in [2.24, 2.45) is 0 Å². The summed E-state index contributed by atoms with van der Waals surface area (Å²) in [7, 11) is 0. The number of ketones is 1. The molecule has 3 rings (SSSR count). The minimum atomic E-state index is 0.0998. The second-order valence-electron chi connectivity index (χ2n) is 5.08. The minimum Gasteiger partial charge on any atom is -0.484 e. The molecule has 0 aliphatic rings. The lowest BCUT2D eigenvalue weighted by Gasteiger charge is -2.04. The van der Waals surface area contributed by atoms with Gasteiger partial charge in [-0.15, -0.1) is 0 Å². The van der Waals surface area contributed by atoms with Gasteiger partial charge in [-0.3, -0.25) is 4.79 Å². The van der Waals surface area contributed by atoms with Crippen LogP contribution in [0.15, 0.2) is 53.1 Å². The van der Waals surface area contributed by atoms with Crippen LogP contribution in [0.4, 0.5) is 0 Å². The van der Waals surface area contributed by atoms with Gasteiger partial charge in [-0.1, -0.05) is 35.8 Å². The number of aromatic nitrogens is 2. The SMILES string of the molecule is CCC(=O)c1ccc(OCc2nc(-c3ccccc3Cl)no2)cc1. The van der Waals surface area contributed by atoms with Crippen LogP contribution in [-0.2, 0) is 6.61 Å². The van der Waals surface area contributed by atoms with E-state index in [4.69, 9.17) is 20.9 Å². The number of Topliss-reactive ketones (excluding diaryl/α,β-unsaturated/α-hetero) is 1. The monoisotopic (exact) mass is 342 g/mol. The van der Waals surface area contributed by atoms with Gasteiger partial charge in [0.25, 0.3) is 5.89 Å². The lowest BCUT2D eigenvalue weighted by Crippen LogP contribution is -1.98. The molecule has 5 nitrogen and oxygen atoms in total. The van der Waals surface area contributed by atoms with Crippen LogP contribution in [0.1, 0.15) is 29.6 Å². The van der Waals surface area contributed by atoms with Gasteiger partial charge in [0.15, 0.2) is 12.4 Å². The van der Waals surface area contributed by atoms with Crippen molar-refractivity contribution in [2.75, 3.05) is 0 Å². The molecule has 0 aliphatic heterocycles. The molecular weight excluding hydrogens is 328 g/mol. The minimum absolute atomic E-state index is 0.0998. The van der Waals surface area contributed by atoms with E-state index in [0.29, 0.717) is 40.0 Å². The number of hydrogen-bond donors (Lipinski definition) is 0. The molecule has 3 aromatic rings. The summed E-state index contributed by atoms with van der Waals surface area (Å²) in [5.41, 5.74) is 1.38. The average molecular weight is 343 g/mol. The van der Waals surface area contributed by atoms with Crippen molar-refractivity contribution in [3.05, 3.63) is 65.0 Å². The number of rotatable bonds is 6. The predicted molar refractivity (Wildman–Crippen MR) is 90.1 cm³/mol. The van der Waals surface area contributed by atoms with Crippen LogP contribution >= 0.6 is 11.6 Å². The summed E-state index contributed by atoms with van der Waals surface area (Å²) < 4.78 is 10.8. The summed E-state index contributed by atoms with van der Waals surface area (Å²) in [5, 5.41) is 4.47. The molecule has 122 valence electrons. The highest BCUT2D eigenvalue weighted by Crippen LogP contribution is 2.25. The van der Waals surface area contributed by atoms with Crippen molar-refractivity contribution < 1.29 is 14.1 Å². The molecule has 24 heavy (non-hydrogen) atoms. The van der Waals surface area contributed by atoms with E-state index in [1.807, 2.05) is 25.1 Å². The Kier molecular flexibility index (Phi) is 4.91. The first-order chi connectivity index (χ1) is 11.7. The number of hydrogen-bond acceptors (Lipinski definition) is 5. The molecule has 0 unspecified atom stereocenters. The molecule has 0 aliphatic carbocycles. The van der Waals surface area contributed by atoms with Crippen molar-refractivity contribution >= 4 is 17.4 Å². The third-order valence-electron chi connectivity index (χ3n) is 3.44. The van der Waals surface area contributed by atoms with Gasteiger partial charge in [0.1, 0.15) is 5.75 Å². The number of benzene rings is 2. The van der Waals surface area contributed by atoms with Crippen molar-refractivity contribution in [1.82, 2.24) is 10.1 Å². The summed E-state index contributed by atoms with van der Waals surface area (Å²) in [4.78, 5) is 15.9. The van der Waals surface area contributed by atoms with Crippen LogP contribution in [0.2, 0.25) is 5.02 Å². The molecule has 0 bridgehead atoms. The maximum atomic E-state index is 11.6. The van der Waals surface area contributed by atoms with E-state index in [2.05, 4.69) is 10.1 Å². The zero-order chi connectivity index (χ0) is 16.9. The highest BCUT2D eigenvalue weighted by molar-refractivity contribution is 6.33. The van der Waals surface area contributed by atoms with Crippen molar-refractivity contribution in [1.29, 1.82) is 0 Å². The molecule has 2 aromatic carbocycles. The second kappa shape index (κ2) is 7.27. The van der Waals surface area contributed by atoms with Gasteiger partial charge >= 0.3 is 0 Å². The Morgan fingerprint density at radius 3 is 2.62 bits per heavy atom. The highest BCUT2D eigenvalue weighted by Gasteiger charge is 2.12. The molecule has 0 saturated heterocycles. The van der Waals surface area contributed by atoms with Crippen LogP contribution < -0.4 is 4.74 Å². The topological polar surface area (TPSA) is 65.2 Å². The number of carbonyl (C=O) groups excluding carboxylic acids is 1. The van der Waals surface area contributed by atoms with Crippen LogP contribution in [0, 0.1) is 0 Å². The molecule has 0 radical (unpaired) electrons. The van der Waals surface area contributed by atoms with Gasteiger partial charge in [0, 0.05) is 17.5 Å². The first-order valence-electron chi connectivity index (χ1n) is 7.51. The fourth-order valence-electron chi connectivity index (χ4n) is 2.15. The van der Waals surface area contributed by atoms with E-state index in [1.54, 1.807) is 30.3 Å². The van der Waals surface area contributed by atoms with E-state index in [-0.39, 0.29) is 12.4 Å². The summed E-state index contributed by atoms with van der Waals surface area (Å²) in [6.45, 7) is 1.97. The summed E-state index contributed by atoms with van der Waals surface area (Å²) in [5.74, 6) is 1.49. The van der Waals surface area contributed by atoms with Crippen molar-refractivity contribution in [3.63, 3.8) is 0 Å². The largest absolute Gasteiger partial charge is 0.484 e. The Balaban J connectivity index is 1.65. The fourth-order valence-corrected chi connectivity index (χ4v) is 2.37. The first-order valence-corrected chi connectivity index (χ1v) is 7.88. The summed E-state index contributed by atoms with van der Waals surface area (Å²) >= 11 is 6.11. The normalized spacial score (nSPS) is 10.6. The van der Waals surface area contributed by atoms with Gasteiger partial charge in [-0.05, 0) is 36.4 Å². The molecule has 0 N–H and O–H groups in total. The quantitative estimate of drug-likeness (QED) is 0.614. The maximum absolute atomic E-state index is 11.6. The van der Waals surface area contributed by atoms with Crippen LogP contribution in [-0.4, -0.2) is 15.9 Å². The van der Waals surface area contributed by atoms with Gasteiger partial charge < -0.3 is 9.26 Å². The van der Waals surface area contributed by atoms with Gasteiger partial charge in [-0.25, -0.2) is 0 Å². The number of nitrogens with zero attached hydrogens (tertiary/aromatic N) is 2. The van der Waals surface area contributed by atoms with Crippen molar-refractivity contribution in [2.45, 2.75) is 20.0 Å². The molecule has 0 spiro atoms. The van der Waals surface area contributed by atoms with Crippen molar-refractivity contribution in [3.8, 4) is 17.1 Å². The van der Waals surface area contributed by atoms with Gasteiger partial charge in [-0.2, -0.15) is 4.98 Å². The Morgan fingerprint density at radius 1 is 1.17 bits per heavy atom. The average Bonchev–Trinajstić information content (AvgIpc) is 3.09. The Labute approximate surface area is 144 Å². The van der Waals surface area contributed by atoms with E-state index in [0.717, 1.165) is 0 Å². The van der Waals surface area contributed by atoms with E-state index in [9.17, 15) is 4.79 Å². The zero-order valence-electron chi connectivity index (χ0n) is 13.0. The zero-order valence-corrected chi connectivity index (χ0v) is 13.8.